The van der Waals surface area contributed by atoms with Crippen LogP contribution in [0.5, 0.6) is 0 Å². The summed E-state index contributed by atoms with van der Waals surface area (Å²) in [5.74, 6) is 1.50. The van der Waals surface area contributed by atoms with Crippen LogP contribution in [0.1, 0.15) is 6.42 Å². The minimum Gasteiger partial charge on any atom is -0.338 e. The summed E-state index contributed by atoms with van der Waals surface area (Å²) < 4.78 is 28.5. The lowest BCUT2D eigenvalue weighted by atomic mass is 10.4. The molecule has 9 nitrogen and oxygen atoms in total. The molecular weight excluding hydrogens is 398 g/mol. The number of anilines is 1. The Labute approximate surface area is 167 Å². The summed E-state index contributed by atoms with van der Waals surface area (Å²) in [6, 6.07) is 5.58. The first-order valence-corrected chi connectivity index (χ1v) is 11.6. The highest BCUT2D eigenvalue weighted by Crippen LogP contribution is 2.18. The molecule has 0 atom stereocenters. The summed E-state index contributed by atoms with van der Waals surface area (Å²) in [4.78, 5) is 14.6. The Morgan fingerprint density at radius 1 is 1.00 bits per heavy atom. The molecule has 0 unspecified atom stereocenters. The second-order valence-electron chi connectivity index (χ2n) is 6.35. The number of piperazine rings is 1. The van der Waals surface area contributed by atoms with Gasteiger partial charge in [0.25, 0.3) is 0 Å². The van der Waals surface area contributed by atoms with Crippen molar-refractivity contribution in [1.29, 1.82) is 0 Å². The fraction of sp³-hybridized carbons (Fsp3) is 0.412. The normalized spacial score (nSPS) is 15.9. The number of rotatable bonds is 7. The summed E-state index contributed by atoms with van der Waals surface area (Å²) >= 11 is 1.56. The molecule has 4 heterocycles. The highest BCUT2D eigenvalue weighted by atomic mass is 32.2. The smallest absolute Gasteiger partial charge is 0.225 e. The Bertz CT molecular complexity index is 1020. The lowest BCUT2D eigenvalue weighted by Crippen LogP contribution is -2.49. The minimum absolute atomic E-state index is 0.148. The number of nitrogens with zero attached hydrogens (tertiary/aromatic N) is 7. The van der Waals surface area contributed by atoms with E-state index in [1.165, 1.54) is 0 Å². The maximum absolute atomic E-state index is 12.6. The SMILES string of the molecule is O=S(=O)(CCCSc1ccc2nccn2n1)N1CCN(c2ncccn2)CC1. The minimum atomic E-state index is -3.25. The molecule has 148 valence electrons. The zero-order valence-corrected chi connectivity index (χ0v) is 16.9. The van der Waals surface area contributed by atoms with E-state index < -0.39 is 10.0 Å². The first kappa shape index (κ1) is 19.1. The summed E-state index contributed by atoms with van der Waals surface area (Å²) in [6.45, 7) is 2.14. The quantitative estimate of drug-likeness (QED) is 0.416. The molecular formula is C17H21N7O2S2. The summed E-state index contributed by atoms with van der Waals surface area (Å²) in [5.41, 5.74) is 0.798. The Morgan fingerprint density at radius 3 is 2.57 bits per heavy atom. The van der Waals surface area contributed by atoms with Crippen LogP contribution in [0.3, 0.4) is 0 Å². The zero-order chi connectivity index (χ0) is 19.4. The molecule has 28 heavy (non-hydrogen) atoms. The molecule has 0 amide bonds. The summed E-state index contributed by atoms with van der Waals surface area (Å²) in [5, 5.41) is 5.30. The van der Waals surface area contributed by atoms with E-state index >= 15 is 0 Å². The van der Waals surface area contributed by atoms with Gasteiger partial charge < -0.3 is 4.90 Å². The van der Waals surface area contributed by atoms with Gasteiger partial charge >= 0.3 is 0 Å². The van der Waals surface area contributed by atoms with E-state index in [1.54, 1.807) is 51.4 Å². The molecule has 1 aliphatic heterocycles. The molecule has 0 aliphatic carbocycles. The average Bonchev–Trinajstić information content (AvgIpc) is 3.20. The van der Waals surface area contributed by atoms with Crippen molar-refractivity contribution in [3.63, 3.8) is 0 Å². The van der Waals surface area contributed by atoms with Crippen LogP contribution in [-0.2, 0) is 10.0 Å². The van der Waals surface area contributed by atoms with E-state index in [9.17, 15) is 8.42 Å². The van der Waals surface area contributed by atoms with Crippen molar-refractivity contribution in [2.45, 2.75) is 11.4 Å². The Morgan fingerprint density at radius 2 is 1.79 bits per heavy atom. The maximum Gasteiger partial charge on any atom is 0.225 e. The van der Waals surface area contributed by atoms with E-state index in [4.69, 9.17) is 0 Å². The molecule has 0 N–H and O–H groups in total. The van der Waals surface area contributed by atoms with Crippen LogP contribution < -0.4 is 4.90 Å². The van der Waals surface area contributed by atoms with Gasteiger partial charge in [0.05, 0.1) is 5.75 Å². The molecule has 1 aliphatic rings. The van der Waals surface area contributed by atoms with E-state index in [-0.39, 0.29) is 5.75 Å². The van der Waals surface area contributed by atoms with Crippen LogP contribution in [0, 0.1) is 0 Å². The van der Waals surface area contributed by atoms with Crippen LogP contribution in [0.4, 0.5) is 5.95 Å². The predicted molar refractivity (Wildman–Crippen MR) is 108 cm³/mol. The van der Waals surface area contributed by atoms with Crippen molar-refractivity contribution >= 4 is 33.4 Å². The lowest BCUT2D eigenvalue weighted by Gasteiger charge is -2.33. The molecule has 3 aromatic rings. The van der Waals surface area contributed by atoms with Gasteiger partial charge in [0.2, 0.25) is 16.0 Å². The first-order chi connectivity index (χ1) is 13.6. The number of hydrogen-bond acceptors (Lipinski definition) is 8. The van der Waals surface area contributed by atoms with Gasteiger partial charge in [-0.1, -0.05) is 0 Å². The van der Waals surface area contributed by atoms with Crippen molar-refractivity contribution in [3.8, 4) is 0 Å². The fourth-order valence-electron chi connectivity index (χ4n) is 3.04. The van der Waals surface area contributed by atoms with Crippen molar-refractivity contribution in [3.05, 3.63) is 43.0 Å². The predicted octanol–water partition coefficient (Wildman–Crippen LogP) is 1.15. The maximum atomic E-state index is 12.6. The van der Waals surface area contributed by atoms with Gasteiger partial charge in [-0.15, -0.1) is 11.8 Å². The fourth-order valence-corrected chi connectivity index (χ4v) is 5.52. The second kappa shape index (κ2) is 8.41. The molecule has 0 saturated carbocycles. The molecule has 0 radical (unpaired) electrons. The first-order valence-electron chi connectivity index (χ1n) is 9.05. The number of fused-ring (bicyclic) bond motifs is 1. The van der Waals surface area contributed by atoms with Gasteiger partial charge in [-0.3, -0.25) is 0 Å². The van der Waals surface area contributed by atoms with Crippen molar-refractivity contribution in [2.75, 3.05) is 42.6 Å². The Hall–Kier alpha value is -2.24. The lowest BCUT2D eigenvalue weighted by molar-refractivity contribution is 0.382. The molecule has 11 heteroatoms. The van der Waals surface area contributed by atoms with Crippen LogP contribution in [0.25, 0.3) is 5.65 Å². The van der Waals surface area contributed by atoms with E-state index in [1.807, 2.05) is 17.0 Å². The van der Waals surface area contributed by atoms with Gasteiger partial charge in [0.15, 0.2) is 5.65 Å². The van der Waals surface area contributed by atoms with Crippen molar-refractivity contribution < 1.29 is 8.42 Å². The topological polar surface area (TPSA) is 96.6 Å². The van der Waals surface area contributed by atoms with Crippen molar-refractivity contribution in [1.82, 2.24) is 28.9 Å². The third-order valence-electron chi connectivity index (χ3n) is 4.49. The van der Waals surface area contributed by atoms with Gasteiger partial charge in [0.1, 0.15) is 5.03 Å². The standard InChI is InChI=1S/C17H21N7O2S2/c25-28(26,23-11-9-22(10-12-23)17-19-5-1-6-20-17)14-2-13-27-16-4-3-15-18-7-8-24(15)21-16/h1,3-8H,2,9-14H2. The molecule has 1 fully saturated rings. The number of imidazole rings is 1. The van der Waals surface area contributed by atoms with Crippen LogP contribution in [0.15, 0.2) is 48.0 Å². The third-order valence-corrected chi connectivity index (χ3v) is 7.46. The van der Waals surface area contributed by atoms with E-state index in [2.05, 4.69) is 20.1 Å². The van der Waals surface area contributed by atoms with Crippen LogP contribution >= 0.6 is 11.8 Å². The Kier molecular flexibility index (Phi) is 5.74. The second-order valence-corrected chi connectivity index (χ2v) is 9.56. The highest BCUT2D eigenvalue weighted by molar-refractivity contribution is 7.99. The monoisotopic (exact) mass is 419 g/mol. The van der Waals surface area contributed by atoms with E-state index in [0.29, 0.717) is 44.3 Å². The van der Waals surface area contributed by atoms with Gasteiger partial charge in [-0.2, -0.15) is 9.40 Å². The summed E-state index contributed by atoms with van der Waals surface area (Å²) in [7, 11) is -3.25. The summed E-state index contributed by atoms with van der Waals surface area (Å²) in [6.07, 6.45) is 7.47. The Balaban J connectivity index is 1.24. The molecule has 4 rings (SSSR count). The average molecular weight is 420 g/mol. The number of thioether (sulfide) groups is 1. The largest absolute Gasteiger partial charge is 0.338 e. The molecule has 0 bridgehead atoms. The third kappa shape index (κ3) is 4.42. The van der Waals surface area contributed by atoms with Crippen LogP contribution in [-0.4, -0.2) is 75.0 Å². The number of aromatic nitrogens is 5. The van der Waals surface area contributed by atoms with E-state index in [0.717, 1.165) is 10.7 Å². The van der Waals surface area contributed by atoms with Gasteiger partial charge in [-0.05, 0) is 24.6 Å². The van der Waals surface area contributed by atoms with Gasteiger partial charge in [0, 0.05) is 56.7 Å². The van der Waals surface area contributed by atoms with Crippen molar-refractivity contribution in [2.24, 2.45) is 0 Å². The molecule has 0 aromatic carbocycles. The van der Waals surface area contributed by atoms with Gasteiger partial charge in [-0.25, -0.2) is 27.9 Å². The number of hydrogen-bond donors (Lipinski definition) is 0. The highest BCUT2D eigenvalue weighted by Gasteiger charge is 2.27. The zero-order valence-electron chi connectivity index (χ0n) is 15.3. The molecule has 1 saturated heterocycles. The number of sulfonamides is 1. The molecule has 3 aromatic heterocycles. The molecule has 0 spiro atoms. The van der Waals surface area contributed by atoms with Crippen LogP contribution in [0.2, 0.25) is 0 Å².